The van der Waals surface area contributed by atoms with Crippen LogP contribution in [0, 0.1) is 0 Å². The second kappa shape index (κ2) is 13.1. The lowest BCUT2D eigenvalue weighted by Crippen LogP contribution is -2.16. The van der Waals surface area contributed by atoms with E-state index in [1.54, 1.807) is 0 Å². The van der Waals surface area contributed by atoms with Crippen molar-refractivity contribution >= 4 is 32.6 Å². The second-order valence-electron chi connectivity index (χ2n) is 16.1. The largest absolute Gasteiger partial charge is 0.309 e. The molecular formula is C56H41N. The van der Waals surface area contributed by atoms with Gasteiger partial charge in [-0.2, -0.15) is 0 Å². The number of aromatic nitrogens is 1. The fourth-order valence-electron chi connectivity index (χ4n) is 9.76. The summed E-state index contributed by atoms with van der Waals surface area (Å²) in [5.74, 6) is -0.0131. The molecule has 57 heavy (non-hydrogen) atoms. The quantitative estimate of drug-likeness (QED) is 0.150. The van der Waals surface area contributed by atoms with Gasteiger partial charge in [0.15, 0.2) is 0 Å². The van der Waals surface area contributed by atoms with Crippen molar-refractivity contribution in [2.75, 3.05) is 0 Å². The van der Waals surface area contributed by atoms with Crippen LogP contribution >= 0.6 is 0 Å². The van der Waals surface area contributed by atoms with Crippen LogP contribution in [0.4, 0.5) is 0 Å². The molecule has 0 bridgehead atoms. The number of benzene rings is 9. The third kappa shape index (κ3) is 5.30. The highest BCUT2D eigenvalue weighted by Crippen LogP contribution is 2.51. The average Bonchev–Trinajstić information content (AvgIpc) is 3.73. The van der Waals surface area contributed by atoms with Crippen LogP contribution in [0.1, 0.15) is 47.6 Å². The predicted molar refractivity (Wildman–Crippen MR) is 241 cm³/mol. The molecule has 0 N–H and O–H groups in total. The Balaban J connectivity index is 1.17. The summed E-state index contributed by atoms with van der Waals surface area (Å²) in [6, 6.07) is 76.5. The highest BCUT2D eigenvalue weighted by atomic mass is 15.0. The van der Waals surface area contributed by atoms with Gasteiger partial charge < -0.3 is 4.57 Å². The molecule has 9 aromatic carbocycles. The molecule has 0 spiro atoms. The number of hydrogen-bond donors (Lipinski definition) is 0. The Hall–Kier alpha value is -6.96. The molecule has 10 aromatic rings. The molecular weight excluding hydrogens is 687 g/mol. The number of rotatable bonds is 6. The highest BCUT2D eigenvalue weighted by Gasteiger charge is 2.36. The second-order valence-corrected chi connectivity index (χ2v) is 16.1. The first-order chi connectivity index (χ1) is 28.0. The van der Waals surface area contributed by atoms with Crippen molar-refractivity contribution in [1.82, 2.24) is 4.57 Å². The number of hydrogen-bond acceptors (Lipinski definition) is 0. The van der Waals surface area contributed by atoms with Gasteiger partial charge in [-0.25, -0.2) is 0 Å². The van der Waals surface area contributed by atoms with Crippen LogP contribution in [0.2, 0.25) is 0 Å². The van der Waals surface area contributed by atoms with E-state index in [4.69, 9.17) is 0 Å². The summed E-state index contributed by atoms with van der Waals surface area (Å²) in [7, 11) is 0. The van der Waals surface area contributed by atoms with Crippen LogP contribution in [0.3, 0.4) is 0 Å². The summed E-state index contributed by atoms with van der Waals surface area (Å²) in [4.78, 5) is 0. The van der Waals surface area contributed by atoms with E-state index >= 15 is 0 Å². The van der Waals surface area contributed by atoms with Gasteiger partial charge in [-0.05, 0) is 96.2 Å². The fraction of sp³-hybridized carbons (Fsp3) is 0.0714. The molecule has 1 aromatic heterocycles. The Kier molecular flexibility index (Phi) is 7.66. The van der Waals surface area contributed by atoms with Crippen LogP contribution in [0.15, 0.2) is 206 Å². The van der Waals surface area contributed by atoms with Gasteiger partial charge >= 0.3 is 0 Å². The van der Waals surface area contributed by atoms with Crippen LogP contribution in [0.5, 0.6) is 0 Å². The van der Waals surface area contributed by atoms with E-state index in [0.29, 0.717) is 0 Å². The Morgan fingerprint density at radius 3 is 1.61 bits per heavy atom. The standard InChI is InChI=1S/C56H41N/c1-56(2)50-23-13-11-20-45(50)46-34-31-42(35-51(46)56)54(41-27-25-39(26-28-41)37-15-5-3-6-16-37)49-36-53-55(47-21-10-9-19-44(47)49)48-22-12-14-24-52(48)57(53)43-32-29-40(30-33-43)38-17-7-4-8-18-38/h3-36,54H,1-2H3. The average molecular weight is 728 g/mol. The van der Waals surface area contributed by atoms with Gasteiger partial charge in [-0.1, -0.05) is 196 Å². The molecule has 1 nitrogen and oxygen atoms in total. The molecule has 270 valence electrons. The Morgan fingerprint density at radius 2 is 0.912 bits per heavy atom. The van der Waals surface area contributed by atoms with E-state index in [1.165, 1.54) is 93.8 Å². The van der Waals surface area contributed by atoms with E-state index in [2.05, 4.69) is 225 Å². The molecule has 0 saturated carbocycles. The van der Waals surface area contributed by atoms with Crippen LogP contribution < -0.4 is 0 Å². The predicted octanol–water partition coefficient (Wildman–Crippen LogP) is 14.8. The van der Waals surface area contributed by atoms with Crippen molar-refractivity contribution in [3.8, 4) is 39.1 Å². The lowest BCUT2D eigenvalue weighted by atomic mass is 9.78. The van der Waals surface area contributed by atoms with E-state index in [0.717, 1.165) is 5.69 Å². The zero-order chi connectivity index (χ0) is 38.1. The Bertz CT molecular complexity index is 3110. The molecule has 1 atom stereocenters. The van der Waals surface area contributed by atoms with Gasteiger partial charge in [0.25, 0.3) is 0 Å². The van der Waals surface area contributed by atoms with Crippen molar-refractivity contribution < 1.29 is 0 Å². The van der Waals surface area contributed by atoms with Crippen molar-refractivity contribution in [1.29, 1.82) is 0 Å². The third-order valence-electron chi connectivity index (χ3n) is 12.5. The SMILES string of the molecule is CC1(C)c2ccccc2-c2ccc(C(c3ccc(-c4ccccc4)cc3)c3cc4c(c5ccccc35)c3ccccc3n4-c3ccc(-c4ccccc4)cc3)cc21. The van der Waals surface area contributed by atoms with Crippen LogP contribution in [-0.2, 0) is 5.41 Å². The van der Waals surface area contributed by atoms with Crippen molar-refractivity contribution in [3.05, 3.63) is 234 Å². The molecule has 1 aliphatic carbocycles. The lowest BCUT2D eigenvalue weighted by Gasteiger charge is -2.26. The first kappa shape index (κ1) is 33.4. The number of fused-ring (bicyclic) bond motifs is 8. The molecule has 1 heteroatoms. The zero-order valence-corrected chi connectivity index (χ0v) is 32.2. The fourth-order valence-corrected chi connectivity index (χ4v) is 9.76. The maximum Gasteiger partial charge on any atom is 0.0550 e. The molecule has 0 radical (unpaired) electrons. The molecule has 0 amide bonds. The topological polar surface area (TPSA) is 4.93 Å². The van der Waals surface area contributed by atoms with E-state index in [9.17, 15) is 0 Å². The minimum absolute atomic E-state index is 0.0131. The molecule has 0 saturated heterocycles. The molecule has 0 aliphatic heterocycles. The summed E-state index contributed by atoms with van der Waals surface area (Å²) >= 11 is 0. The van der Waals surface area contributed by atoms with Gasteiger partial charge in [0.05, 0.1) is 11.0 Å². The summed E-state index contributed by atoms with van der Waals surface area (Å²) in [5, 5.41) is 5.12. The van der Waals surface area contributed by atoms with Gasteiger partial charge in [-0.15, -0.1) is 0 Å². The molecule has 1 heterocycles. The maximum absolute atomic E-state index is 2.52. The van der Waals surface area contributed by atoms with E-state index < -0.39 is 0 Å². The third-order valence-corrected chi connectivity index (χ3v) is 12.5. The van der Waals surface area contributed by atoms with E-state index in [1.807, 2.05) is 0 Å². The summed E-state index contributed by atoms with van der Waals surface area (Å²) in [5.41, 5.74) is 17.8. The Labute approximate surface area is 334 Å². The van der Waals surface area contributed by atoms with Gasteiger partial charge in [0, 0.05) is 27.8 Å². The molecule has 1 aliphatic rings. The normalized spacial score (nSPS) is 13.5. The minimum atomic E-state index is -0.103. The molecule has 0 fully saturated rings. The van der Waals surface area contributed by atoms with Crippen molar-refractivity contribution in [2.24, 2.45) is 0 Å². The first-order valence-electron chi connectivity index (χ1n) is 20.0. The van der Waals surface area contributed by atoms with Crippen LogP contribution in [-0.4, -0.2) is 4.57 Å². The molecule has 1 unspecified atom stereocenters. The summed E-state index contributed by atoms with van der Waals surface area (Å²) in [6.45, 7) is 4.77. The smallest absolute Gasteiger partial charge is 0.0550 e. The summed E-state index contributed by atoms with van der Waals surface area (Å²) < 4.78 is 2.48. The highest BCUT2D eigenvalue weighted by molar-refractivity contribution is 6.22. The minimum Gasteiger partial charge on any atom is -0.309 e. The Morgan fingerprint density at radius 1 is 0.386 bits per heavy atom. The number of nitrogens with zero attached hydrogens (tertiary/aromatic N) is 1. The van der Waals surface area contributed by atoms with E-state index in [-0.39, 0.29) is 11.3 Å². The monoisotopic (exact) mass is 727 g/mol. The number of para-hydroxylation sites is 1. The molecule has 11 rings (SSSR count). The van der Waals surface area contributed by atoms with Crippen molar-refractivity contribution in [2.45, 2.75) is 25.2 Å². The van der Waals surface area contributed by atoms with Gasteiger partial charge in [-0.3, -0.25) is 0 Å². The van der Waals surface area contributed by atoms with Gasteiger partial charge in [0.1, 0.15) is 0 Å². The first-order valence-corrected chi connectivity index (χ1v) is 20.0. The van der Waals surface area contributed by atoms with Crippen molar-refractivity contribution in [3.63, 3.8) is 0 Å². The zero-order valence-electron chi connectivity index (χ0n) is 32.2. The van der Waals surface area contributed by atoms with Gasteiger partial charge in [0.2, 0.25) is 0 Å². The maximum atomic E-state index is 2.52. The summed E-state index contributed by atoms with van der Waals surface area (Å²) in [6.07, 6.45) is 0. The lowest BCUT2D eigenvalue weighted by molar-refractivity contribution is 0.659. The van der Waals surface area contributed by atoms with Crippen LogP contribution in [0.25, 0.3) is 71.6 Å².